The van der Waals surface area contributed by atoms with Crippen LogP contribution < -0.4 is 5.73 Å². The molecule has 2 unspecified atom stereocenters. The quantitative estimate of drug-likeness (QED) is 0.725. The molecule has 0 aliphatic carbocycles. The Labute approximate surface area is 80.6 Å². The lowest BCUT2D eigenvalue weighted by molar-refractivity contribution is -0.159. The predicted molar refractivity (Wildman–Crippen MR) is 52.4 cm³/mol. The summed E-state index contributed by atoms with van der Waals surface area (Å²) in [6.07, 6.45) is 2.19. The van der Waals surface area contributed by atoms with E-state index in [1.165, 1.54) is 0 Å². The highest BCUT2D eigenvalue weighted by Crippen LogP contribution is 2.28. The molecule has 1 fully saturated rings. The zero-order chi connectivity index (χ0) is 9.90. The molecule has 0 radical (unpaired) electrons. The Balaban J connectivity index is 2.31. The van der Waals surface area contributed by atoms with Crippen LogP contribution in [0.2, 0.25) is 0 Å². The van der Waals surface area contributed by atoms with E-state index < -0.39 is 0 Å². The maximum atomic E-state index is 5.70. The first kappa shape index (κ1) is 11.0. The number of hydrogen-bond donors (Lipinski definition) is 1. The van der Waals surface area contributed by atoms with Crippen LogP contribution in [0.3, 0.4) is 0 Å². The molecule has 2 N–H and O–H groups in total. The Kier molecular flexibility index (Phi) is 3.71. The van der Waals surface area contributed by atoms with E-state index in [0.29, 0.717) is 19.1 Å². The van der Waals surface area contributed by atoms with Crippen LogP contribution in [0.25, 0.3) is 0 Å². The standard InChI is InChI=1S/C10H21NO2/c1-8(2)4-5-10(3)12-7-9(6-11)13-10/h8-9H,4-7,11H2,1-3H3. The van der Waals surface area contributed by atoms with Crippen molar-refractivity contribution in [2.24, 2.45) is 11.7 Å². The van der Waals surface area contributed by atoms with E-state index in [9.17, 15) is 0 Å². The molecule has 0 amide bonds. The molecular formula is C10H21NO2. The van der Waals surface area contributed by atoms with E-state index in [4.69, 9.17) is 15.2 Å². The second kappa shape index (κ2) is 4.40. The first-order valence-electron chi connectivity index (χ1n) is 5.07. The average molecular weight is 187 g/mol. The van der Waals surface area contributed by atoms with Crippen LogP contribution in [0.4, 0.5) is 0 Å². The minimum atomic E-state index is -0.381. The van der Waals surface area contributed by atoms with Crippen LogP contribution in [-0.4, -0.2) is 25.0 Å². The smallest absolute Gasteiger partial charge is 0.166 e. The van der Waals surface area contributed by atoms with Crippen LogP contribution in [0.1, 0.15) is 33.6 Å². The van der Waals surface area contributed by atoms with Crippen LogP contribution >= 0.6 is 0 Å². The summed E-state index contributed by atoms with van der Waals surface area (Å²) in [6.45, 7) is 7.62. The molecule has 0 saturated carbocycles. The number of nitrogens with two attached hydrogens (primary N) is 1. The first-order chi connectivity index (χ1) is 6.06. The normalized spacial score (nSPS) is 34.4. The monoisotopic (exact) mass is 187 g/mol. The maximum absolute atomic E-state index is 5.70. The van der Waals surface area contributed by atoms with Gasteiger partial charge in [0.2, 0.25) is 0 Å². The van der Waals surface area contributed by atoms with Crippen molar-refractivity contribution in [2.75, 3.05) is 13.2 Å². The highest BCUT2D eigenvalue weighted by molar-refractivity contribution is 4.75. The average Bonchev–Trinajstić information content (AvgIpc) is 2.45. The summed E-state index contributed by atoms with van der Waals surface area (Å²) in [7, 11) is 0. The van der Waals surface area contributed by atoms with Gasteiger partial charge in [-0.05, 0) is 19.3 Å². The Hall–Kier alpha value is -0.120. The fraction of sp³-hybridized carbons (Fsp3) is 1.00. The highest BCUT2D eigenvalue weighted by Gasteiger charge is 2.35. The lowest BCUT2D eigenvalue weighted by atomic mass is 10.0. The van der Waals surface area contributed by atoms with E-state index in [0.717, 1.165) is 12.8 Å². The van der Waals surface area contributed by atoms with Crippen molar-refractivity contribution in [3.63, 3.8) is 0 Å². The molecule has 1 aliphatic heterocycles. The Bertz CT molecular complexity index is 161. The van der Waals surface area contributed by atoms with Gasteiger partial charge in [0.05, 0.1) is 12.7 Å². The van der Waals surface area contributed by atoms with Gasteiger partial charge in [0.1, 0.15) is 0 Å². The van der Waals surface area contributed by atoms with E-state index >= 15 is 0 Å². The zero-order valence-corrected chi connectivity index (χ0v) is 8.88. The maximum Gasteiger partial charge on any atom is 0.166 e. The SMILES string of the molecule is CC(C)CCC1(C)OCC(CN)O1. The van der Waals surface area contributed by atoms with Gasteiger partial charge in [-0.25, -0.2) is 0 Å². The molecule has 0 bridgehead atoms. The molecule has 0 spiro atoms. The topological polar surface area (TPSA) is 44.5 Å². The van der Waals surface area contributed by atoms with Gasteiger partial charge in [-0.15, -0.1) is 0 Å². The molecule has 78 valence electrons. The third kappa shape index (κ3) is 3.25. The van der Waals surface area contributed by atoms with Crippen LogP contribution in [-0.2, 0) is 9.47 Å². The van der Waals surface area contributed by atoms with Gasteiger partial charge in [-0.2, -0.15) is 0 Å². The van der Waals surface area contributed by atoms with Crippen LogP contribution in [0, 0.1) is 5.92 Å². The first-order valence-corrected chi connectivity index (χ1v) is 5.07. The summed E-state index contributed by atoms with van der Waals surface area (Å²) in [5, 5.41) is 0. The minimum Gasteiger partial charge on any atom is -0.347 e. The molecule has 1 aliphatic rings. The van der Waals surface area contributed by atoms with Crippen molar-refractivity contribution in [2.45, 2.75) is 45.5 Å². The molecule has 0 aromatic carbocycles. The minimum absolute atomic E-state index is 0.0946. The predicted octanol–water partition coefficient (Wildman–Crippen LogP) is 1.51. The molecule has 3 heteroatoms. The summed E-state index contributed by atoms with van der Waals surface area (Å²) in [5.41, 5.74) is 5.51. The van der Waals surface area contributed by atoms with E-state index in [-0.39, 0.29) is 11.9 Å². The largest absolute Gasteiger partial charge is 0.347 e. The van der Waals surface area contributed by atoms with E-state index in [1.54, 1.807) is 0 Å². The molecule has 1 heterocycles. The molecule has 2 atom stereocenters. The van der Waals surface area contributed by atoms with Crippen molar-refractivity contribution in [1.82, 2.24) is 0 Å². The summed E-state index contributed by atoms with van der Waals surface area (Å²) in [5.74, 6) is 0.315. The van der Waals surface area contributed by atoms with Gasteiger partial charge < -0.3 is 15.2 Å². The Morgan fingerprint density at radius 1 is 1.54 bits per heavy atom. The molecule has 3 nitrogen and oxygen atoms in total. The fourth-order valence-corrected chi connectivity index (χ4v) is 1.49. The lowest BCUT2D eigenvalue weighted by Crippen LogP contribution is -2.29. The van der Waals surface area contributed by atoms with Crippen molar-refractivity contribution < 1.29 is 9.47 Å². The van der Waals surface area contributed by atoms with Gasteiger partial charge in [-0.3, -0.25) is 0 Å². The van der Waals surface area contributed by atoms with E-state index in [1.807, 2.05) is 6.92 Å². The number of hydrogen-bond acceptors (Lipinski definition) is 3. The highest BCUT2D eigenvalue weighted by atomic mass is 16.7. The van der Waals surface area contributed by atoms with Crippen molar-refractivity contribution in [3.05, 3.63) is 0 Å². The summed E-state index contributed by atoms with van der Waals surface area (Å²) in [6, 6.07) is 0. The van der Waals surface area contributed by atoms with Gasteiger partial charge in [-0.1, -0.05) is 13.8 Å². The second-order valence-corrected chi connectivity index (χ2v) is 4.35. The zero-order valence-electron chi connectivity index (χ0n) is 8.88. The summed E-state index contributed by atoms with van der Waals surface area (Å²) < 4.78 is 11.3. The van der Waals surface area contributed by atoms with Crippen LogP contribution in [0.15, 0.2) is 0 Å². The molecular weight excluding hydrogens is 166 g/mol. The van der Waals surface area contributed by atoms with Gasteiger partial charge in [0.15, 0.2) is 5.79 Å². The second-order valence-electron chi connectivity index (χ2n) is 4.35. The Morgan fingerprint density at radius 2 is 2.23 bits per heavy atom. The summed E-state index contributed by atoms with van der Waals surface area (Å²) in [4.78, 5) is 0. The molecule has 13 heavy (non-hydrogen) atoms. The summed E-state index contributed by atoms with van der Waals surface area (Å²) >= 11 is 0. The third-order valence-electron chi connectivity index (χ3n) is 2.43. The number of ether oxygens (including phenoxy) is 2. The van der Waals surface area contributed by atoms with Crippen molar-refractivity contribution in [1.29, 1.82) is 0 Å². The Morgan fingerprint density at radius 3 is 2.69 bits per heavy atom. The van der Waals surface area contributed by atoms with Crippen molar-refractivity contribution >= 4 is 0 Å². The van der Waals surface area contributed by atoms with Crippen molar-refractivity contribution in [3.8, 4) is 0 Å². The van der Waals surface area contributed by atoms with Gasteiger partial charge >= 0.3 is 0 Å². The molecule has 0 aromatic rings. The van der Waals surface area contributed by atoms with Gasteiger partial charge in [0, 0.05) is 13.0 Å². The molecule has 1 rings (SSSR count). The van der Waals surface area contributed by atoms with E-state index in [2.05, 4.69) is 13.8 Å². The number of rotatable bonds is 4. The van der Waals surface area contributed by atoms with Crippen LogP contribution in [0.5, 0.6) is 0 Å². The molecule has 0 aromatic heterocycles. The molecule has 1 saturated heterocycles. The van der Waals surface area contributed by atoms with Gasteiger partial charge in [0.25, 0.3) is 0 Å². The lowest BCUT2D eigenvalue weighted by Gasteiger charge is -2.23. The fourth-order valence-electron chi connectivity index (χ4n) is 1.49. The third-order valence-corrected chi connectivity index (χ3v) is 2.43.